The number of nitrogens with two attached hydrogens (primary N) is 1. The van der Waals surface area contributed by atoms with Crippen LogP contribution in [0.1, 0.15) is 34.6 Å². The van der Waals surface area contributed by atoms with Crippen LogP contribution in [0.2, 0.25) is 0 Å². The summed E-state index contributed by atoms with van der Waals surface area (Å²) >= 11 is 0. The van der Waals surface area contributed by atoms with Crippen LogP contribution in [-0.4, -0.2) is 49.3 Å². The third-order valence-electron chi connectivity index (χ3n) is 2.46. The van der Waals surface area contributed by atoms with E-state index in [9.17, 15) is 4.79 Å². The molecule has 2 atom stereocenters. The number of hydrogen-bond donors (Lipinski definition) is 2. The van der Waals surface area contributed by atoms with Gasteiger partial charge in [-0.1, -0.05) is 6.92 Å². The van der Waals surface area contributed by atoms with Crippen LogP contribution in [0.4, 0.5) is 4.79 Å². The van der Waals surface area contributed by atoms with Gasteiger partial charge in [0, 0.05) is 26.2 Å². The van der Waals surface area contributed by atoms with E-state index in [0.717, 1.165) is 6.54 Å². The van der Waals surface area contributed by atoms with Crippen molar-refractivity contribution in [1.82, 2.24) is 10.2 Å². The molecule has 0 heterocycles. The molecule has 0 aliphatic heterocycles. The molecule has 0 fully saturated rings. The van der Waals surface area contributed by atoms with Gasteiger partial charge in [0.1, 0.15) is 5.60 Å². The molecule has 5 nitrogen and oxygen atoms in total. The van der Waals surface area contributed by atoms with E-state index in [-0.39, 0.29) is 6.09 Å². The molecule has 0 radical (unpaired) electrons. The van der Waals surface area contributed by atoms with Crippen LogP contribution in [0.25, 0.3) is 0 Å². The Labute approximate surface area is 111 Å². The molecule has 0 aromatic rings. The van der Waals surface area contributed by atoms with Gasteiger partial charge in [-0.3, -0.25) is 0 Å². The van der Waals surface area contributed by atoms with Gasteiger partial charge < -0.3 is 20.7 Å². The monoisotopic (exact) mass is 259 g/mol. The average molecular weight is 259 g/mol. The van der Waals surface area contributed by atoms with Gasteiger partial charge in [-0.2, -0.15) is 0 Å². The molecule has 5 heteroatoms. The van der Waals surface area contributed by atoms with Gasteiger partial charge >= 0.3 is 6.09 Å². The van der Waals surface area contributed by atoms with E-state index >= 15 is 0 Å². The van der Waals surface area contributed by atoms with Crippen molar-refractivity contribution in [1.29, 1.82) is 0 Å². The first-order chi connectivity index (χ1) is 8.15. The second kappa shape index (κ2) is 7.59. The summed E-state index contributed by atoms with van der Waals surface area (Å²) in [6.07, 6.45) is -0.277. The highest BCUT2D eigenvalue weighted by Gasteiger charge is 2.20. The maximum Gasteiger partial charge on any atom is 0.410 e. The fraction of sp³-hybridized carbons (Fsp3) is 0.923. The zero-order valence-corrected chi connectivity index (χ0v) is 12.6. The van der Waals surface area contributed by atoms with Crippen molar-refractivity contribution >= 4 is 6.09 Å². The average Bonchev–Trinajstić information content (AvgIpc) is 2.23. The molecule has 108 valence electrons. The zero-order chi connectivity index (χ0) is 14.3. The van der Waals surface area contributed by atoms with E-state index < -0.39 is 5.60 Å². The van der Waals surface area contributed by atoms with Gasteiger partial charge in [0.25, 0.3) is 0 Å². The summed E-state index contributed by atoms with van der Waals surface area (Å²) in [5, 5.41) is 3.32. The summed E-state index contributed by atoms with van der Waals surface area (Å²) in [6, 6.07) is 0.305. The van der Waals surface area contributed by atoms with Crippen LogP contribution in [0.5, 0.6) is 0 Å². The smallest absolute Gasteiger partial charge is 0.410 e. The number of ether oxygens (including phenoxy) is 1. The van der Waals surface area contributed by atoms with Crippen molar-refractivity contribution in [2.75, 3.05) is 26.7 Å². The molecule has 0 spiro atoms. The Bertz CT molecular complexity index is 251. The summed E-state index contributed by atoms with van der Waals surface area (Å²) < 4.78 is 5.29. The second-order valence-electron chi connectivity index (χ2n) is 6.01. The number of nitrogens with one attached hydrogen (secondary N) is 1. The standard InChI is InChI=1S/C13H29N3O2/c1-10(8-15-11(2)7-14)9-16(6)12(17)18-13(3,4)5/h10-11,15H,7-9,14H2,1-6H3. The van der Waals surface area contributed by atoms with Crippen LogP contribution in [0.15, 0.2) is 0 Å². The minimum atomic E-state index is -0.444. The maximum atomic E-state index is 11.8. The van der Waals surface area contributed by atoms with Crippen molar-refractivity contribution in [3.8, 4) is 0 Å². The summed E-state index contributed by atoms with van der Waals surface area (Å²) in [5.74, 6) is 0.358. The fourth-order valence-electron chi connectivity index (χ4n) is 1.43. The minimum Gasteiger partial charge on any atom is -0.444 e. The SMILES string of the molecule is CC(CNC(C)CN)CN(C)C(=O)OC(C)(C)C. The number of nitrogens with zero attached hydrogens (tertiary/aromatic N) is 1. The number of amides is 1. The highest BCUT2D eigenvalue weighted by atomic mass is 16.6. The lowest BCUT2D eigenvalue weighted by molar-refractivity contribution is 0.0276. The predicted octanol–water partition coefficient (Wildman–Crippen LogP) is 1.43. The van der Waals surface area contributed by atoms with Crippen LogP contribution in [0.3, 0.4) is 0 Å². The highest BCUT2D eigenvalue weighted by molar-refractivity contribution is 5.67. The molecular formula is C13H29N3O2. The van der Waals surface area contributed by atoms with Crippen molar-refractivity contribution in [3.63, 3.8) is 0 Å². The number of carbonyl (C=O) groups excluding carboxylic acids is 1. The van der Waals surface area contributed by atoms with E-state index in [1.807, 2.05) is 27.7 Å². The van der Waals surface area contributed by atoms with Crippen molar-refractivity contribution in [2.24, 2.45) is 11.7 Å². The molecule has 0 bridgehead atoms. The Morgan fingerprint density at radius 2 is 1.94 bits per heavy atom. The van der Waals surface area contributed by atoms with E-state index in [1.165, 1.54) is 0 Å². The van der Waals surface area contributed by atoms with Crippen molar-refractivity contribution < 1.29 is 9.53 Å². The van der Waals surface area contributed by atoms with Crippen molar-refractivity contribution in [2.45, 2.75) is 46.3 Å². The summed E-state index contributed by atoms with van der Waals surface area (Å²) in [5.41, 5.74) is 5.09. The van der Waals surface area contributed by atoms with Gasteiger partial charge in [-0.15, -0.1) is 0 Å². The Morgan fingerprint density at radius 3 is 2.39 bits per heavy atom. The van der Waals surface area contributed by atoms with E-state index in [1.54, 1.807) is 11.9 Å². The summed E-state index contributed by atoms with van der Waals surface area (Å²) in [7, 11) is 1.76. The molecular weight excluding hydrogens is 230 g/mol. The predicted molar refractivity (Wildman–Crippen MR) is 74.5 cm³/mol. The van der Waals surface area contributed by atoms with Gasteiger partial charge in [0.05, 0.1) is 0 Å². The molecule has 0 saturated carbocycles. The normalized spacial score (nSPS) is 15.1. The molecule has 0 rings (SSSR count). The molecule has 0 saturated heterocycles. The first kappa shape index (κ1) is 17.2. The minimum absolute atomic E-state index is 0.277. The summed E-state index contributed by atoms with van der Waals surface area (Å²) in [6.45, 7) is 11.9. The highest BCUT2D eigenvalue weighted by Crippen LogP contribution is 2.10. The lowest BCUT2D eigenvalue weighted by Crippen LogP contribution is -2.41. The third kappa shape index (κ3) is 8.31. The third-order valence-corrected chi connectivity index (χ3v) is 2.46. The molecule has 0 aliphatic carbocycles. The van der Waals surface area contributed by atoms with Crippen LogP contribution in [-0.2, 0) is 4.74 Å². The lowest BCUT2D eigenvalue weighted by Gasteiger charge is -2.27. The molecule has 2 unspecified atom stereocenters. The molecule has 1 amide bonds. The summed E-state index contributed by atoms with van der Waals surface area (Å²) in [4.78, 5) is 13.4. The van der Waals surface area contributed by atoms with Crippen LogP contribution < -0.4 is 11.1 Å². The Morgan fingerprint density at radius 1 is 1.39 bits per heavy atom. The van der Waals surface area contributed by atoms with E-state index in [0.29, 0.717) is 25.0 Å². The largest absolute Gasteiger partial charge is 0.444 e. The molecule has 0 aromatic carbocycles. The molecule has 0 aromatic heterocycles. The maximum absolute atomic E-state index is 11.8. The quantitative estimate of drug-likeness (QED) is 0.757. The Balaban J connectivity index is 3.99. The molecule has 0 aliphatic rings. The topological polar surface area (TPSA) is 67.6 Å². The first-order valence-electron chi connectivity index (χ1n) is 6.53. The molecule has 18 heavy (non-hydrogen) atoms. The van der Waals surface area contributed by atoms with Gasteiger partial charge in [0.15, 0.2) is 0 Å². The van der Waals surface area contributed by atoms with E-state index in [2.05, 4.69) is 12.2 Å². The Hall–Kier alpha value is -0.810. The fourth-order valence-corrected chi connectivity index (χ4v) is 1.43. The first-order valence-corrected chi connectivity index (χ1v) is 6.53. The van der Waals surface area contributed by atoms with Gasteiger partial charge in [-0.25, -0.2) is 4.79 Å². The van der Waals surface area contributed by atoms with Crippen LogP contribution in [0, 0.1) is 5.92 Å². The number of hydrogen-bond acceptors (Lipinski definition) is 4. The number of rotatable bonds is 6. The van der Waals surface area contributed by atoms with Crippen LogP contribution >= 0.6 is 0 Å². The van der Waals surface area contributed by atoms with Crippen molar-refractivity contribution in [3.05, 3.63) is 0 Å². The second-order valence-corrected chi connectivity index (χ2v) is 6.01. The van der Waals surface area contributed by atoms with Gasteiger partial charge in [-0.05, 0) is 40.2 Å². The molecule has 3 N–H and O–H groups in total. The Kier molecular flexibility index (Phi) is 7.25. The lowest BCUT2D eigenvalue weighted by atomic mass is 10.1. The van der Waals surface area contributed by atoms with E-state index in [4.69, 9.17) is 10.5 Å². The number of carbonyl (C=O) groups is 1. The zero-order valence-electron chi connectivity index (χ0n) is 12.6. The van der Waals surface area contributed by atoms with Gasteiger partial charge in [0.2, 0.25) is 0 Å².